The number of hydrogen-bond donors (Lipinski definition) is 4. The first-order chi connectivity index (χ1) is 18.1. The second-order valence-corrected chi connectivity index (χ2v) is 11.2. The number of fused-ring (bicyclic) bond motifs is 1. The Bertz CT molecular complexity index is 1210. The first-order valence-corrected chi connectivity index (χ1v) is 14.2. The molecule has 0 spiro atoms. The molecule has 2 aliphatic carbocycles. The third-order valence-corrected chi connectivity index (χ3v) is 8.19. The molecular weight excluding hydrogens is 464 g/mol. The second-order valence-electron chi connectivity index (χ2n) is 11.2. The predicted molar refractivity (Wildman–Crippen MR) is 147 cm³/mol. The largest absolute Gasteiger partial charge is 0.381 e. The number of nitrogens with zero attached hydrogens (tertiary/aromatic N) is 3. The van der Waals surface area contributed by atoms with Gasteiger partial charge in [-0.1, -0.05) is 37.5 Å². The van der Waals surface area contributed by atoms with Gasteiger partial charge < -0.3 is 20.5 Å². The van der Waals surface area contributed by atoms with Gasteiger partial charge in [-0.2, -0.15) is 9.61 Å². The summed E-state index contributed by atoms with van der Waals surface area (Å²) in [7, 11) is 0. The van der Waals surface area contributed by atoms with E-state index in [9.17, 15) is 5.11 Å². The zero-order chi connectivity index (χ0) is 25.2. The number of hydrogen-bond acceptors (Lipinski definition) is 7. The van der Waals surface area contributed by atoms with Crippen LogP contribution in [0.3, 0.4) is 0 Å². The average Bonchev–Trinajstić information content (AvgIpc) is 3.63. The molecule has 0 bridgehead atoms. The number of anilines is 2. The molecule has 8 nitrogen and oxygen atoms in total. The minimum Gasteiger partial charge on any atom is -0.381 e. The second kappa shape index (κ2) is 11.0. The predicted octanol–water partition coefficient (Wildman–Crippen LogP) is 5.03. The van der Waals surface area contributed by atoms with Crippen LogP contribution in [0.2, 0.25) is 0 Å². The molecule has 37 heavy (non-hydrogen) atoms. The molecule has 4 N–H and O–H groups in total. The molecule has 1 aromatic carbocycles. The van der Waals surface area contributed by atoms with Gasteiger partial charge in [-0.25, -0.2) is 4.98 Å². The van der Waals surface area contributed by atoms with Crippen LogP contribution in [0.25, 0.3) is 16.8 Å². The Hall–Kier alpha value is -2.68. The maximum Gasteiger partial charge on any atom is 0.167 e. The van der Waals surface area contributed by atoms with Crippen LogP contribution in [-0.2, 0) is 4.74 Å². The Morgan fingerprint density at radius 2 is 1.84 bits per heavy atom. The van der Waals surface area contributed by atoms with Crippen molar-refractivity contribution in [3.8, 4) is 11.1 Å². The van der Waals surface area contributed by atoms with E-state index in [1.54, 1.807) is 0 Å². The Morgan fingerprint density at radius 3 is 2.59 bits per heavy atom. The number of benzene rings is 1. The summed E-state index contributed by atoms with van der Waals surface area (Å²) in [6.45, 7) is 4.66. The van der Waals surface area contributed by atoms with E-state index >= 15 is 0 Å². The SMILES string of the molecule is Cc1cc(-c2cnn3c(NCC4CCOCC4)cc(NC4CCCCC4)nc23)ccc1C(O)NC1CC1. The van der Waals surface area contributed by atoms with Crippen molar-refractivity contribution >= 4 is 17.3 Å². The van der Waals surface area contributed by atoms with Gasteiger partial charge in [0.15, 0.2) is 5.65 Å². The monoisotopic (exact) mass is 504 g/mol. The summed E-state index contributed by atoms with van der Waals surface area (Å²) in [5.74, 6) is 2.49. The minimum absolute atomic E-state index is 0.444. The summed E-state index contributed by atoms with van der Waals surface area (Å²) < 4.78 is 7.49. The van der Waals surface area contributed by atoms with Gasteiger partial charge in [0.2, 0.25) is 0 Å². The van der Waals surface area contributed by atoms with E-state index in [1.807, 2.05) is 16.8 Å². The number of ether oxygens (including phenoxy) is 1. The van der Waals surface area contributed by atoms with Crippen LogP contribution < -0.4 is 16.0 Å². The molecular formula is C29H40N6O2. The molecule has 1 saturated heterocycles. The average molecular weight is 505 g/mol. The molecule has 6 rings (SSSR count). The zero-order valence-electron chi connectivity index (χ0n) is 21.9. The van der Waals surface area contributed by atoms with E-state index in [-0.39, 0.29) is 0 Å². The highest BCUT2D eigenvalue weighted by Crippen LogP contribution is 2.32. The van der Waals surface area contributed by atoms with Gasteiger partial charge in [0.25, 0.3) is 0 Å². The van der Waals surface area contributed by atoms with Gasteiger partial charge in [-0.05, 0) is 68.1 Å². The van der Waals surface area contributed by atoms with Gasteiger partial charge in [0, 0.05) is 43.5 Å². The van der Waals surface area contributed by atoms with Crippen LogP contribution in [-0.4, -0.2) is 51.5 Å². The molecule has 8 heteroatoms. The Balaban J connectivity index is 1.30. The smallest absolute Gasteiger partial charge is 0.167 e. The van der Waals surface area contributed by atoms with E-state index in [0.29, 0.717) is 18.0 Å². The van der Waals surface area contributed by atoms with Crippen LogP contribution >= 0.6 is 0 Å². The molecule has 3 fully saturated rings. The molecule has 0 amide bonds. The molecule has 3 heterocycles. The fourth-order valence-electron chi connectivity index (χ4n) is 5.73. The van der Waals surface area contributed by atoms with Gasteiger partial charge in [-0.15, -0.1) is 0 Å². The van der Waals surface area contributed by atoms with Crippen molar-refractivity contribution in [1.82, 2.24) is 19.9 Å². The fraction of sp³-hybridized carbons (Fsp3) is 0.586. The summed E-state index contributed by atoms with van der Waals surface area (Å²) in [4.78, 5) is 5.06. The number of aliphatic hydroxyl groups excluding tert-OH is 1. The van der Waals surface area contributed by atoms with Crippen molar-refractivity contribution in [3.63, 3.8) is 0 Å². The van der Waals surface area contributed by atoms with Crippen molar-refractivity contribution in [3.05, 3.63) is 41.6 Å². The van der Waals surface area contributed by atoms with Crippen LogP contribution in [0, 0.1) is 12.8 Å². The quantitative estimate of drug-likeness (QED) is 0.304. The number of nitrogens with one attached hydrogen (secondary N) is 3. The normalized spacial score (nSPS) is 20.3. The molecule has 3 aliphatic rings. The van der Waals surface area contributed by atoms with Gasteiger partial charge in [0.05, 0.1) is 6.20 Å². The lowest BCUT2D eigenvalue weighted by molar-refractivity contribution is 0.0699. The highest BCUT2D eigenvalue weighted by Gasteiger charge is 2.25. The Labute approximate surface area is 219 Å². The van der Waals surface area contributed by atoms with E-state index in [2.05, 4.69) is 41.1 Å². The molecule has 2 saturated carbocycles. The van der Waals surface area contributed by atoms with Crippen LogP contribution in [0.1, 0.15) is 75.1 Å². The number of aromatic nitrogens is 3. The van der Waals surface area contributed by atoms with Crippen molar-refractivity contribution in [2.75, 3.05) is 30.4 Å². The van der Waals surface area contributed by atoms with Crippen molar-refractivity contribution < 1.29 is 9.84 Å². The van der Waals surface area contributed by atoms with E-state index < -0.39 is 6.23 Å². The van der Waals surface area contributed by atoms with Crippen molar-refractivity contribution in [2.45, 2.75) is 83.0 Å². The van der Waals surface area contributed by atoms with Gasteiger partial charge in [-0.3, -0.25) is 5.32 Å². The Kier molecular flexibility index (Phi) is 7.31. The standard InChI is InChI=1S/C29H40N6O2/c1-19-15-21(7-10-24(19)29(36)33-23-8-9-23)25-18-31-35-27(30-17-20-11-13-37-14-12-20)16-26(34-28(25)35)32-22-5-3-2-4-6-22/h7,10,15-16,18,20,22-23,29-30,33,36H,2-6,8-9,11-14,17H2,1H3,(H,32,34). The first-order valence-electron chi connectivity index (χ1n) is 14.2. The molecule has 0 radical (unpaired) electrons. The molecule has 1 aliphatic heterocycles. The first kappa shape index (κ1) is 24.6. The maximum atomic E-state index is 10.6. The molecule has 198 valence electrons. The highest BCUT2D eigenvalue weighted by molar-refractivity contribution is 5.80. The minimum atomic E-state index is -0.629. The number of aryl methyl sites for hydroxylation is 1. The fourth-order valence-corrected chi connectivity index (χ4v) is 5.73. The summed E-state index contributed by atoms with van der Waals surface area (Å²) >= 11 is 0. The summed E-state index contributed by atoms with van der Waals surface area (Å²) in [6, 6.07) is 9.28. The topological polar surface area (TPSA) is 95.7 Å². The third kappa shape index (κ3) is 5.76. The summed E-state index contributed by atoms with van der Waals surface area (Å²) in [6.07, 6.45) is 12.0. The molecule has 1 unspecified atom stereocenters. The van der Waals surface area contributed by atoms with E-state index in [0.717, 1.165) is 85.0 Å². The zero-order valence-corrected chi connectivity index (χ0v) is 21.9. The molecule has 2 aromatic heterocycles. The third-order valence-electron chi connectivity index (χ3n) is 8.19. The number of aliphatic hydroxyl groups is 1. The van der Waals surface area contributed by atoms with Crippen LogP contribution in [0.4, 0.5) is 11.6 Å². The van der Waals surface area contributed by atoms with Gasteiger partial charge in [0.1, 0.15) is 17.9 Å². The summed E-state index contributed by atoms with van der Waals surface area (Å²) in [5, 5.41) is 26.1. The molecule has 1 atom stereocenters. The van der Waals surface area contributed by atoms with Crippen LogP contribution in [0.5, 0.6) is 0 Å². The van der Waals surface area contributed by atoms with Gasteiger partial charge >= 0.3 is 0 Å². The highest BCUT2D eigenvalue weighted by atomic mass is 16.5. The lowest BCUT2D eigenvalue weighted by atomic mass is 9.95. The van der Waals surface area contributed by atoms with Crippen molar-refractivity contribution in [1.29, 1.82) is 0 Å². The van der Waals surface area contributed by atoms with Crippen LogP contribution in [0.15, 0.2) is 30.5 Å². The maximum absolute atomic E-state index is 10.6. The van der Waals surface area contributed by atoms with E-state index in [4.69, 9.17) is 14.8 Å². The lowest BCUT2D eigenvalue weighted by Crippen LogP contribution is -2.25. The summed E-state index contributed by atoms with van der Waals surface area (Å²) in [5.41, 5.74) is 4.90. The lowest BCUT2D eigenvalue weighted by Gasteiger charge is -2.25. The Morgan fingerprint density at radius 1 is 1.03 bits per heavy atom. The number of rotatable bonds is 9. The van der Waals surface area contributed by atoms with Crippen molar-refractivity contribution in [2.24, 2.45) is 5.92 Å². The van der Waals surface area contributed by atoms with E-state index in [1.165, 1.54) is 32.1 Å². The molecule has 3 aromatic rings.